The molecule has 1 aromatic heterocycles. The number of nitrogens with zero attached hydrogens (tertiary/aromatic N) is 2. The number of aromatic nitrogens is 1. The van der Waals surface area contributed by atoms with Gasteiger partial charge in [-0.15, -0.1) is 0 Å². The number of nitriles is 1. The fourth-order valence-corrected chi connectivity index (χ4v) is 4.49. The molecular weight excluding hydrogens is 494 g/mol. The summed E-state index contributed by atoms with van der Waals surface area (Å²) >= 11 is 1.25. The Balaban J connectivity index is 1.57. The Morgan fingerprint density at radius 3 is 2.35 bits per heavy atom. The Kier molecular flexibility index (Phi) is 8.66. The lowest BCUT2D eigenvalue weighted by Crippen LogP contribution is -2.25. The highest BCUT2D eigenvalue weighted by Crippen LogP contribution is 2.31. The summed E-state index contributed by atoms with van der Waals surface area (Å²) in [4.78, 5) is 17.8. The van der Waals surface area contributed by atoms with Crippen LogP contribution < -0.4 is 14.8 Å². The SMILES string of the molecule is COCCOc1ccc(OC(C(=O)Nc2nc3cc(CO)c(CO)cc3s2)c2ccc(C#N)cc2)cc1. The third kappa shape index (κ3) is 6.41. The standard InChI is InChI=1S/C27H25N3O6S/c1-34-10-11-35-21-6-8-22(9-7-21)36-25(18-4-2-17(14-28)3-5-18)26(33)30-27-29-23-12-19(15-31)20(16-32)13-24(23)37-27/h2-9,12-13,25,31-32H,10-11,15-16H2,1H3,(H,29,30,33). The van der Waals surface area contributed by atoms with Gasteiger partial charge in [-0.25, -0.2) is 4.98 Å². The van der Waals surface area contributed by atoms with Gasteiger partial charge in [0.2, 0.25) is 6.10 Å². The molecule has 9 nitrogen and oxygen atoms in total. The van der Waals surface area contributed by atoms with Gasteiger partial charge in [0.05, 0.1) is 41.7 Å². The van der Waals surface area contributed by atoms with Crippen LogP contribution in [0.2, 0.25) is 0 Å². The van der Waals surface area contributed by atoms with E-state index in [9.17, 15) is 15.0 Å². The van der Waals surface area contributed by atoms with Crippen LogP contribution in [-0.2, 0) is 22.7 Å². The molecule has 0 spiro atoms. The molecular formula is C27H25N3O6S. The van der Waals surface area contributed by atoms with Gasteiger partial charge in [-0.05, 0) is 59.7 Å². The van der Waals surface area contributed by atoms with E-state index in [1.807, 2.05) is 0 Å². The molecule has 4 rings (SSSR count). The van der Waals surface area contributed by atoms with Crippen molar-refractivity contribution in [1.82, 2.24) is 4.98 Å². The van der Waals surface area contributed by atoms with Crippen LogP contribution in [-0.4, -0.2) is 41.4 Å². The van der Waals surface area contributed by atoms with Gasteiger partial charge >= 0.3 is 0 Å². The van der Waals surface area contributed by atoms with Crippen molar-refractivity contribution >= 4 is 32.6 Å². The molecule has 3 aromatic carbocycles. The van der Waals surface area contributed by atoms with Crippen molar-refractivity contribution < 1.29 is 29.2 Å². The summed E-state index contributed by atoms with van der Waals surface area (Å²) in [6, 6.07) is 19.0. The molecule has 1 unspecified atom stereocenters. The number of ether oxygens (including phenoxy) is 3. The molecule has 0 saturated heterocycles. The van der Waals surface area contributed by atoms with E-state index in [4.69, 9.17) is 19.5 Å². The van der Waals surface area contributed by atoms with Gasteiger partial charge in [-0.1, -0.05) is 23.5 Å². The molecule has 37 heavy (non-hydrogen) atoms. The molecule has 10 heteroatoms. The summed E-state index contributed by atoms with van der Waals surface area (Å²) in [6.45, 7) is 0.439. The number of nitrogens with one attached hydrogen (secondary N) is 1. The van der Waals surface area contributed by atoms with Crippen LogP contribution in [0, 0.1) is 11.3 Å². The molecule has 0 aliphatic heterocycles. The number of thiazole rings is 1. The smallest absolute Gasteiger partial charge is 0.271 e. The van der Waals surface area contributed by atoms with E-state index in [0.717, 1.165) is 4.70 Å². The molecule has 0 saturated carbocycles. The van der Waals surface area contributed by atoms with Crippen LogP contribution in [0.5, 0.6) is 11.5 Å². The highest BCUT2D eigenvalue weighted by Gasteiger charge is 2.24. The number of carbonyl (C=O) groups is 1. The van der Waals surface area contributed by atoms with Crippen molar-refractivity contribution in [2.45, 2.75) is 19.3 Å². The zero-order valence-corrected chi connectivity index (χ0v) is 20.8. The van der Waals surface area contributed by atoms with Crippen LogP contribution >= 0.6 is 11.3 Å². The second kappa shape index (κ2) is 12.3. The number of methoxy groups -OCH3 is 1. The number of carbonyl (C=O) groups excluding carboxylic acids is 1. The normalized spacial score (nSPS) is 11.6. The summed E-state index contributed by atoms with van der Waals surface area (Å²) in [7, 11) is 1.60. The lowest BCUT2D eigenvalue weighted by molar-refractivity contribution is -0.123. The number of rotatable bonds is 11. The van der Waals surface area contributed by atoms with Gasteiger partial charge in [-0.3, -0.25) is 10.1 Å². The van der Waals surface area contributed by atoms with Gasteiger partial charge in [0.25, 0.3) is 5.91 Å². The van der Waals surface area contributed by atoms with E-state index in [2.05, 4.69) is 16.4 Å². The number of hydrogen-bond acceptors (Lipinski definition) is 9. The van der Waals surface area contributed by atoms with Crippen molar-refractivity contribution in [2.75, 3.05) is 25.6 Å². The first-order valence-electron chi connectivity index (χ1n) is 11.4. The minimum atomic E-state index is -1.03. The van der Waals surface area contributed by atoms with Crippen LogP contribution in [0.3, 0.4) is 0 Å². The van der Waals surface area contributed by atoms with Crippen molar-refractivity contribution in [2.24, 2.45) is 0 Å². The summed E-state index contributed by atoms with van der Waals surface area (Å²) in [5, 5.41) is 31.4. The van der Waals surface area contributed by atoms with Crippen molar-refractivity contribution in [1.29, 1.82) is 5.26 Å². The van der Waals surface area contributed by atoms with Crippen molar-refractivity contribution in [3.63, 3.8) is 0 Å². The molecule has 0 fully saturated rings. The first kappa shape index (κ1) is 26.1. The van der Waals surface area contributed by atoms with Gasteiger partial charge in [-0.2, -0.15) is 5.26 Å². The van der Waals surface area contributed by atoms with Gasteiger partial charge in [0.15, 0.2) is 5.13 Å². The largest absolute Gasteiger partial charge is 0.491 e. The van der Waals surface area contributed by atoms with E-state index < -0.39 is 12.0 Å². The number of aliphatic hydroxyl groups is 2. The summed E-state index contributed by atoms with van der Waals surface area (Å²) < 4.78 is 17.4. The third-order valence-corrected chi connectivity index (χ3v) is 6.43. The Morgan fingerprint density at radius 2 is 1.70 bits per heavy atom. The van der Waals surface area contributed by atoms with E-state index in [0.29, 0.717) is 57.6 Å². The fourth-order valence-electron chi connectivity index (χ4n) is 3.58. The van der Waals surface area contributed by atoms with Crippen LogP contribution in [0.15, 0.2) is 60.7 Å². The molecule has 1 atom stereocenters. The quantitative estimate of drug-likeness (QED) is 0.254. The second-order valence-electron chi connectivity index (χ2n) is 7.96. The average molecular weight is 520 g/mol. The number of benzene rings is 3. The molecule has 0 aliphatic carbocycles. The lowest BCUT2D eigenvalue weighted by atomic mass is 10.1. The summed E-state index contributed by atoms with van der Waals surface area (Å²) in [5.74, 6) is 0.643. The molecule has 0 radical (unpaired) electrons. The maximum Gasteiger partial charge on any atom is 0.271 e. The fraction of sp³-hybridized carbons (Fsp3) is 0.222. The van der Waals surface area contributed by atoms with E-state index >= 15 is 0 Å². The van der Waals surface area contributed by atoms with E-state index in [-0.39, 0.29) is 13.2 Å². The van der Waals surface area contributed by atoms with Gasteiger partial charge < -0.3 is 24.4 Å². The molecule has 4 aromatic rings. The highest BCUT2D eigenvalue weighted by molar-refractivity contribution is 7.22. The highest BCUT2D eigenvalue weighted by atomic mass is 32.1. The van der Waals surface area contributed by atoms with E-state index in [1.54, 1.807) is 67.8 Å². The predicted molar refractivity (Wildman–Crippen MR) is 138 cm³/mol. The molecule has 3 N–H and O–H groups in total. The number of hydrogen-bond donors (Lipinski definition) is 3. The predicted octanol–water partition coefficient (Wildman–Crippen LogP) is 3.94. The maximum absolute atomic E-state index is 13.4. The zero-order chi connectivity index (χ0) is 26.2. The first-order valence-corrected chi connectivity index (χ1v) is 12.2. The second-order valence-corrected chi connectivity index (χ2v) is 8.99. The van der Waals surface area contributed by atoms with Crippen molar-refractivity contribution in [3.05, 3.63) is 82.9 Å². The van der Waals surface area contributed by atoms with Gasteiger partial charge in [0.1, 0.15) is 18.1 Å². The number of aliphatic hydroxyl groups excluding tert-OH is 2. The van der Waals surface area contributed by atoms with Gasteiger partial charge in [0, 0.05) is 12.7 Å². The zero-order valence-electron chi connectivity index (χ0n) is 20.0. The minimum absolute atomic E-state index is 0.212. The Labute approximate surface area is 217 Å². The lowest BCUT2D eigenvalue weighted by Gasteiger charge is -2.19. The van der Waals surface area contributed by atoms with Crippen LogP contribution in [0.4, 0.5) is 5.13 Å². The van der Waals surface area contributed by atoms with Crippen molar-refractivity contribution in [3.8, 4) is 17.6 Å². The van der Waals surface area contributed by atoms with E-state index in [1.165, 1.54) is 11.3 Å². The summed E-state index contributed by atoms with van der Waals surface area (Å²) in [6.07, 6.45) is -1.03. The number of amides is 1. The Bertz CT molecular complexity index is 1360. The Morgan fingerprint density at radius 1 is 1.03 bits per heavy atom. The summed E-state index contributed by atoms with van der Waals surface area (Å²) in [5.41, 5.74) is 2.80. The molecule has 1 amide bonds. The third-order valence-electron chi connectivity index (χ3n) is 5.50. The first-order chi connectivity index (χ1) is 18.0. The maximum atomic E-state index is 13.4. The molecule has 190 valence electrons. The Hall–Kier alpha value is -4.01. The number of anilines is 1. The monoisotopic (exact) mass is 519 g/mol. The van der Waals surface area contributed by atoms with Crippen LogP contribution in [0.1, 0.15) is 28.4 Å². The average Bonchev–Trinajstić information content (AvgIpc) is 3.32. The minimum Gasteiger partial charge on any atom is -0.491 e. The molecule has 0 bridgehead atoms. The number of fused-ring (bicyclic) bond motifs is 1. The molecule has 0 aliphatic rings. The topological polar surface area (TPSA) is 134 Å². The van der Waals surface area contributed by atoms with Crippen LogP contribution in [0.25, 0.3) is 10.2 Å². The molecule has 1 heterocycles.